The molecule has 4 nitrogen and oxygen atoms in total. The van der Waals surface area contributed by atoms with Crippen LogP contribution in [-0.2, 0) is 9.63 Å². The van der Waals surface area contributed by atoms with Gasteiger partial charge < -0.3 is 0 Å². The van der Waals surface area contributed by atoms with Gasteiger partial charge in [-0.3, -0.25) is 14.5 Å². The van der Waals surface area contributed by atoms with Crippen molar-refractivity contribution in [2.75, 3.05) is 20.7 Å². The van der Waals surface area contributed by atoms with Crippen LogP contribution in [0.1, 0.15) is 27.2 Å². The van der Waals surface area contributed by atoms with Crippen LogP contribution < -0.4 is 0 Å². The summed E-state index contributed by atoms with van der Waals surface area (Å²) >= 11 is 0. The van der Waals surface area contributed by atoms with E-state index in [0.29, 0.717) is 0 Å². The Morgan fingerprint density at radius 1 is 1.47 bits per heavy atom. The van der Waals surface area contributed by atoms with Crippen molar-refractivity contribution in [3.63, 3.8) is 0 Å². The largest absolute Gasteiger partial charge is 0.281 e. The molecule has 1 heterocycles. The van der Waals surface area contributed by atoms with Crippen LogP contribution in [-0.4, -0.2) is 54.1 Å². The first-order valence-electron chi connectivity index (χ1n) is 5.55. The molecule has 0 aromatic rings. The molecule has 6 heteroatoms. The second-order valence-electron chi connectivity index (χ2n) is 5.39. The minimum atomic E-state index is -2.82. The molecule has 0 saturated carbocycles. The van der Waals surface area contributed by atoms with Crippen LogP contribution in [0, 0.1) is 0 Å². The van der Waals surface area contributed by atoms with Crippen LogP contribution in [0.5, 0.6) is 0 Å². The minimum Gasteiger partial charge on any atom is -0.281 e. The fourth-order valence-corrected chi connectivity index (χ4v) is 2.04. The smallest absolute Gasteiger partial charge is 0.263 e. The van der Waals surface area contributed by atoms with Crippen molar-refractivity contribution >= 4 is 5.91 Å². The van der Waals surface area contributed by atoms with Crippen molar-refractivity contribution in [1.29, 1.82) is 0 Å². The number of likely N-dealkylation sites (N-methyl/N-ethyl adjacent to an activating group) is 1. The third kappa shape index (κ3) is 3.13. The predicted octanol–water partition coefficient (Wildman–Crippen LogP) is 1.51. The van der Waals surface area contributed by atoms with Gasteiger partial charge in [0.05, 0.1) is 19.7 Å². The molecule has 0 aromatic heterocycles. The summed E-state index contributed by atoms with van der Waals surface area (Å²) in [6.07, 6.45) is -0.448. The lowest BCUT2D eigenvalue weighted by Crippen LogP contribution is -2.51. The number of alkyl halides is 2. The zero-order valence-corrected chi connectivity index (χ0v) is 11.0. The van der Waals surface area contributed by atoms with E-state index in [4.69, 9.17) is 4.84 Å². The van der Waals surface area contributed by atoms with Crippen molar-refractivity contribution in [2.24, 2.45) is 0 Å². The van der Waals surface area contributed by atoms with Crippen LogP contribution in [0.3, 0.4) is 0 Å². The molecule has 0 aliphatic carbocycles. The van der Waals surface area contributed by atoms with Crippen molar-refractivity contribution in [1.82, 2.24) is 9.96 Å². The van der Waals surface area contributed by atoms with Gasteiger partial charge in [-0.05, 0) is 20.8 Å². The fraction of sp³-hybridized carbons (Fsp3) is 0.909. The first-order chi connectivity index (χ1) is 7.58. The molecule has 1 fully saturated rings. The number of hydroxylamine groups is 2. The van der Waals surface area contributed by atoms with E-state index < -0.39 is 29.8 Å². The monoisotopic (exact) mass is 250 g/mol. The first-order valence-corrected chi connectivity index (χ1v) is 5.55. The maximum atomic E-state index is 13.4. The maximum Gasteiger partial charge on any atom is 0.263 e. The van der Waals surface area contributed by atoms with Crippen molar-refractivity contribution in [3.05, 3.63) is 0 Å². The molecule has 1 atom stereocenters. The zero-order valence-electron chi connectivity index (χ0n) is 11.0. The number of likely N-dealkylation sites (tertiary alicyclic amines) is 1. The third-order valence-corrected chi connectivity index (χ3v) is 3.00. The highest BCUT2D eigenvalue weighted by molar-refractivity contribution is 5.81. The summed E-state index contributed by atoms with van der Waals surface area (Å²) in [6.45, 7) is 5.08. The SMILES string of the molecule is CON(C)C(=O)[C@H]1CC(F)(F)CN1C(C)(C)C. The molecule has 17 heavy (non-hydrogen) atoms. The summed E-state index contributed by atoms with van der Waals surface area (Å²) in [5.41, 5.74) is -0.477. The van der Waals surface area contributed by atoms with Crippen molar-refractivity contribution in [2.45, 2.75) is 44.7 Å². The van der Waals surface area contributed by atoms with E-state index in [-0.39, 0.29) is 6.54 Å². The van der Waals surface area contributed by atoms with Gasteiger partial charge in [-0.25, -0.2) is 13.8 Å². The lowest BCUT2D eigenvalue weighted by Gasteiger charge is -2.36. The molecule has 0 radical (unpaired) electrons. The van der Waals surface area contributed by atoms with E-state index in [1.165, 1.54) is 19.1 Å². The lowest BCUT2D eigenvalue weighted by molar-refractivity contribution is -0.175. The van der Waals surface area contributed by atoms with Gasteiger partial charge in [0.15, 0.2) is 0 Å². The molecular formula is C11H20F2N2O2. The highest BCUT2D eigenvalue weighted by Crippen LogP contribution is 2.37. The minimum absolute atomic E-state index is 0.384. The summed E-state index contributed by atoms with van der Waals surface area (Å²) < 4.78 is 26.9. The standard InChI is InChI=1S/C11H20F2N2O2/c1-10(2,3)15-7-11(12,13)6-8(15)9(16)14(4)17-5/h8H,6-7H2,1-5H3/t8-/m1/s1. The molecule has 0 spiro atoms. The number of halogens is 2. The third-order valence-electron chi connectivity index (χ3n) is 3.00. The summed E-state index contributed by atoms with van der Waals surface area (Å²) in [6, 6.07) is -0.824. The van der Waals surface area contributed by atoms with Gasteiger partial charge in [0.25, 0.3) is 11.8 Å². The Hall–Kier alpha value is -0.750. The second-order valence-corrected chi connectivity index (χ2v) is 5.39. The molecule has 0 aromatic carbocycles. The van der Waals surface area contributed by atoms with Gasteiger partial charge >= 0.3 is 0 Å². The number of hydrogen-bond acceptors (Lipinski definition) is 3. The Kier molecular flexibility index (Phi) is 3.78. The topological polar surface area (TPSA) is 32.8 Å². The molecule has 0 N–H and O–H groups in total. The highest BCUT2D eigenvalue weighted by atomic mass is 19.3. The van der Waals surface area contributed by atoms with E-state index in [1.807, 2.05) is 20.8 Å². The Morgan fingerprint density at radius 2 is 2.00 bits per heavy atom. The first kappa shape index (κ1) is 14.3. The van der Waals surface area contributed by atoms with Gasteiger partial charge in [0, 0.05) is 19.0 Å². The molecule has 1 saturated heterocycles. The molecule has 100 valence electrons. The molecule has 0 unspecified atom stereocenters. The summed E-state index contributed by atoms with van der Waals surface area (Å²) in [4.78, 5) is 18.2. The number of hydrogen-bond donors (Lipinski definition) is 0. The maximum absolute atomic E-state index is 13.4. The van der Waals surface area contributed by atoms with Crippen LogP contribution in [0.4, 0.5) is 8.78 Å². The van der Waals surface area contributed by atoms with Crippen molar-refractivity contribution < 1.29 is 18.4 Å². The highest BCUT2D eigenvalue weighted by Gasteiger charge is 2.51. The Labute approximate surface area is 100 Å². The second kappa shape index (κ2) is 4.49. The van der Waals surface area contributed by atoms with E-state index >= 15 is 0 Å². The van der Waals surface area contributed by atoms with Gasteiger partial charge in [-0.1, -0.05) is 0 Å². The molecule has 1 rings (SSSR count). The Bertz CT molecular complexity index is 302. The van der Waals surface area contributed by atoms with Gasteiger partial charge in [0.2, 0.25) is 0 Å². The van der Waals surface area contributed by atoms with Gasteiger partial charge in [-0.15, -0.1) is 0 Å². The van der Waals surface area contributed by atoms with Crippen molar-refractivity contribution in [3.8, 4) is 0 Å². The summed E-state index contributed by atoms with van der Waals surface area (Å²) in [7, 11) is 2.77. The average molecular weight is 250 g/mol. The number of nitrogens with zero attached hydrogens (tertiary/aromatic N) is 2. The van der Waals surface area contributed by atoms with Gasteiger partial charge in [-0.2, -0.15) is 0 Å². The van der Waals surface area contributed by atoms with E-state index in [9.17, 15) is 13.6 Å². The van der Waals surface area contributed by atoms with Crippen LogP contribution >= 0.6 is 0 Å². The molecule has 1 aliphatic heterocycles. The Balaban J connectivity index is 2.92. The van der Waals surface area contributed by atoms with Crippen LogP contribution in [0.2, 0.25) is 0 Å². The quantitative estimate of drug-likeness (QED) is 0.696. The number of carbonyl (C=O) groups excluding carboxylic acids is 1. The average Bonchev–Trinajstić information content (AvgIpc) is 2.51. The molecular weight excluding hydrogens is 230 g/mol. The van der Waals surface area contributed by atoms with E-state index in [0.717, 1.165) is 5.06 Å². The fourth-order valence-electron chi connectivity index (χ4n) is 2.04. The van der Waals surface area contributed by atoms with Crippen LogP contribution in [0.25, 0.3) is 0 Å². The summed E-state index contributed by atoms with van der Waals surface area (Å²) in [5.74, 6) is -3.25. The lowest BCUT2D eigenvalue weighted by atomic mass is 10.0. The number of amides is 1. The number of carbonyl (C=O) groups is 1. The molecule has 1 aliphatic rings. The Morgan fingerprint density at radius 3 is 2.41 bits per heavy atom. The molecule has 1 amide bonds. The van der Waals surface area contributed by atoms with Crippen LogP contribution in [0.15, 0.2) is 0 Å². The van der Waals surface area contributed by atoms with Gasteiger partial charge in [0.1, 0.15) is 0 Å². The van der Waals surface area contributed by atoms with E-state index in [2.05, 4.69) is 0 Å². The van der Waals surface area contributed by atoms with E-state index in [1.54, 1.807) is 0 Å². The molecule has 0 bridgehead atoms. The summed E-state index contributed by atoms with van der Waals surface area (Å²) in [5, 5.41) is 1.00. The predicted molar refractivity (Wildman–Crippen MR) is 59.6 cm³/mol. The normalized spacial score (nSPS) is 25.0. The zero-order chi connectivity index (χ0) is 13.4. The number of rotatable bonds is 2.